The summed E-state index contributed by atoms with van der Waals surface area (Å²) in [6.45, 7) is 10.5. The standard InChI is InChI=1S/C15H21N3O2S/c1-8-10-12(18(6)9(2)15(3,4)5)16-7-17-13(10)21-11(8)14(19)20/h7,9H,1-6H3,(H,19,20). The molecular formula is C15H21N3O2S. The molecule has 0 spiro atoms. The summed E-state index contributed by atoms with van der Waals surface area (Å²) in [6, 6.07) is 0.253. The lowest BCUT2D eigenvalue weighted by Gasteiger charge is -2.36. The Kier molecular flexibility index (Phi) is 3.93. The molecule has 5 nitrogen and oxygen atoms in total. The van der Waals surface area contributed by atoms with Crippen LogP contribution >= 0.6 is 11.3 Å². The van der Waals surface area contributed by atoms with Crippen LogP contribution < -0.4 is 4.90 Å². The van der Waals surface area contributed by atoms with Gasteiger partial charge in [-0.2, -0.15) is 0 Å². The van der Waals surface area contributed by atoms with Crippen molar-refractivity contribution in [1.29, 1.82) is 0 Å². The summed E-state index contributed by atoms with van der Waals surface area (Å²) >= 11 is 1.21. The molecule has 0 radical (unpaired) electrons. The fraction of sp³-hybridized carbons (Fsp3) is 0.533. The van der Waals surface area contributed by atoms with Gasteiger partial charge in [-0.25, -0.2) is 14.8 Å². The van der Waals surface area contributed by atoms with E-state index in [1.54, 1.807) is 0 Å². The van der Waals surface area contributed by atoms with Gasteiger partial charge in [-0.05, 0) is 24.8 Å². The highest BCUT2D eigenvalue weighted by Gasteiger charge is 2.27. The molecule has 0 aliphatic heterocycles. The van der Waals surface area contributed by atoms with Crippen molar-refractivity contribution in [1.82, 2.24) is 9.97 Å². The van der Waals surface area contributed by atoms with Gasteiger partial charge in [0.1, 0.15) is 21.9 Å². The van der Waals surface area contributed by atoms with Gasteiger partial charge in [-0.3, -0.25) is 0 Å². The predicted molar refractivity (Wildman–Crippen MR) is 86.4 cm³/mol. The molecule has 1 unspecified atom stereocenters. The van der Waals surface area contributed by atoms with E-state index in [9.17, 15) is 9.90 Å². The number of aromatic carboxylic acids is 1. The molecule has 2 aromatic heterocycles. The van der Waals surface area contributed by atoms with E-state index in [-0.39, 0.29) is 11.5 Å². The molecule has 0 amide bonds. The van der Waals surface area contributed by atoms with E-state index >= 15 is 0 Å². The molecule has 0 aliphatic rings. The van der Waals surface area contributed by atoms with Crippen molar-refractivity contribution in [3.05, 3.63) is 16.8 Å². The molecule has 0 saturated carbocycles. The van der Waals surface area contributed by atoms with Gasteiger partial charge in [0.25, 0.3) is 0 Å². The van der Waals surface area contributed by atoms with Crippen molar-refractivity contribution in [2.24, 2.45) is 5.41 Å². The average molecular weight is 307 g/mol. The van der Waals surface area contributed by atoms with E-state index in [0.29, 0.717) is 4.88 Å². The Balaban J connectivity index is 2.62. The molecule has 1 N–H and O–H groups in total. The van der Waals surface area contributed by atoms with Gasteiger partial charge in [0.15, 0.2) is 0 Å². The first-order valence-electron chi connectivity index (χ1n) is 6.84. The number of nitrogens with zero attached hydrogens (tertiary/aromatic N) is 3. The third-order valence-corrected chi connectivity index (χ3v) is 5.26. The summed E-state index contributed by atoms with van der Waals surface area (Å²) in [5, 5.41) is 10.1. The summed E-state index contributed by atoms with van der Waals surface area (Å²) in [5.41, 5.74) is 0.831. The quantitative estimate of drug-likeness (QED) is 0.939. The van der Waals surface area contributed by atoms with E-state index in [1.807, 2.05) is 14.0 Å². The zero-order valence-corrected chi connectivity index (χ0v) is 14.1. The van der Waals surface area contributed by atoms with Gasteiger partial charge in [0.2, 0.25) is 0 Å². The second-order valence-electron chi connectivity index (χ2n) is 6.39. The van der Waals surface area contributed by atoms with Crippen LogP contribution in [0.3, 0.4) is 0 Å². The Morgan fingerprint density at radius 1 is 1.38 bits per heavy atom. The van der Waals surface area contributed by atoms with Crippen LogP contribution in [0.15, 0.2) is 6.33 Å². The minimum absolute atomic E-state index is 0.0889. The molecule has 21 heavy (non-hydrogen) atoms. The number of carboxylic acid groups (broad SMARTS) is 1. The van der Waals surface area contributed by atoms with E-state index in [1.165, 1.54) is 17.7 Å². The van der Waals surface area contributed by atoms with Crippen LogP contribution in [0.2, 0.25) is 0 Å². The highest BCUT2D eigenvalue weighted by molar-refractivity contribution is 7.20. The Hall–Kier alpha value is -1.69. The molecule has 2 rings (SSSR count). The minimum Gasteiger partial charge on any atom is -0.477 e. The zero-order valence-electron chi connectivity index (χ0n) is 13.3. The normalized spacial score (nSPS) is 13.4. The van der Waals surface area contributed by atoms with Crippen molar-refractivity contribution < 1.29 is 9.90 Å². The van der Waals surface area contributed by atoms with Crippen molar-refractivity contribution in [2.45, 2.75) is 40.7 Å². The Labute approximate surface area is 128 Å². The predicted octanol–water partition coefficient (Wildman–Crippen LogP) is 3.57. The lowest BCUT2D eigenvalue weighted by Crippen LogP contribution is -2.39. The lowest BCUT2D eigenvalue weighted by molar-refractivity contribution is 0.0701. The molecule has 0 aromatic carbocycles. The van der Waals surface area contributed by atoms with E-state index in [2.05, 4.69) is 42.6 Å². The van der Waals surface area contributed by atoms with Crippen molar-refractivity contribution in [2.75, 3.05) is 11.9 Å². The highest BCUT2D eigenvalue weighted by atomic mass is 32.1. The van der Waals surface area contributed by atoms with Gasteiger partial charge in [-0.1, -0.05) is 20.8 Å². The first kappa shape index (κ1) is 15.7. The number of anilines is 1. The highest BCUT2D eigenvalue weighted by Crippen LogP contribution is 2.36. The fourth-order valence-corrected chi connectivity index (χ4v) is 3.27. The third kappa shape index (κ3) is 2.72. The number of carbonyl (C=O) groups is 1. The van der Waals surface area contributed by atoms with Gasteiger partial charge < -0.3 is 10.0 Å². The molecule has 2 heterocycles. The second kappa shape index (κ2) is 5.26. The number of rotatable bonds is 3. The van der Waals surface area contributed by atoms with Crippen molar-refractivity contribution in [3.8, 4) is 0 Å². The van der Waals surface area contributed by atoms with E-state index in [4.69, 9.17) is 0 Å². The average Bonchev–Trinajstić information content (AvgIpc) is 2.74. The van der Waals surface area contributed by atoms with Gasteiger partial charge in [0.05, 0.1) is 5.39 Å². The monoisotopic (exact) mass is 307 g/mol. The molecule has 0 bridgehead atoms. The van der Waals surface area contributed by atoms with Crippen molar-refractivity contribution >= 4 is 33.3 Å². The molecule has 0 fully saturated rings. The summed E-state index contributed by atoms with van der Waals surface area (Å²) < 4.78 is 0. The summed E-state index contributed by atoms with van der Waals surface area (Å²) in [4.78, 5) is 23.1. The van der Waals surface area contributed by atoms with Crippen molar-refractivity contribution in [3.63, 3.8) is 0 Å². The Morgan fingerprint density at radius 2 is 2.00 bits per heavy atom. The summed E-state index contributed by atoms with van der Waals surface area (Å²) in [5.74, 6) is -0.114. The number of hydrogen-bond acceptors (Lipinski definition) is 5. The number of thiophene rings is 1. The first-order valence-corrected chi connectivity index (χ1v) is 7.66. The lowest BCUT2D eigenvalue weighted by atomic mass is 9.87. The SMILES string of the molecule is Cc1c(C(=O)O)sc2ncnc(N(C)C(C)C(C)(C)C)c12. The van der Waals surface area contributed by atoms with E-state index < -0.39 is 5.97 Å². The topological polar surface area (TPSA) is 66.3 Å². The van der Waals surface area contributed by atoms with Gasteiger partial charge in [0, 0.05) is 13.1 Å². The van der Waals surface area contributed by atoms with E-state index in [0.717, 1.165) is 21.6 Å². The number of aryl methyl sites for hydroxylation is 1. The molecule has 6 heteroatoms. The molecule has 0 saturated heterocycles. The van der Waals surface area contributed by atoms with Crippen LogP contribution in [0.1, 0.15) is 42.9 Å². The number of hydrogen-bond donors (Lipinski definition) is 1. The van der Waals surface area contributed by atoms with Gasteiger partial charge in [-0.15, -0.1) is 11.3 Å². The zero-order chi connectivity index (χ0) is 15.9. The third-order valence-electron chi connectivity index (χ3n) is 4.07. The summed E-state index contributed by atoms with van der Waals surface area (Å²) in [6.07, 6.45) is 1.51. The maximum Gasteiger partial charge on any atom is 0.346 e. The molecule has 114 valence electrons. The largest absolute Gasteiger partial charge is 0.477 e. The Morgan fingerprint density at radius 3 is 2.52 bits per heavy atom. The smallest absolute Gasteiger partial charge is 0.346 e. The molecule has 1 atom stereocenters. The molecular weight excluding hydrogens is 286 g/mol. The van der Waals surface area contributed by atoms with Crippen LogP contribution in [-0.2, 0) is 0 Å². The van der Waals surface area contributed by atoms with Crippen LogP contribution in [0.5, 0.6) is 0 Å². The maximum absolute atomic E-state index is 11.3. The first-order chi connectivity index (χ1) is 9.64. The van der Waals surface area contributed by atoms with Crippen LogP contribution in [0, 0.1) is 12.3 Å². The number of fused-ring (bicyclic) bond motifs is 1. The minimum atomic E-state index is -0.909. The molecule has 2 aromatic rings. The van der Waals surface area contributed by atoms with Gasteiger partial charge >= 0.3 is 5.97 Å². The van der Waals surface area contributed by atoms with Crippen LogP contribution in [0.4, 0.5) is 5.82 Å². The number of aromatic nitrogens is 2. The number of carboxylic acids is 1. The van der Waals surface area contributed by atoms with Crippen LogP contribution in [0.25, 0.3) is 10.2 Å². The van der Waals surface area contributed by atoms with Crippen LogP contribution in [-0.4, -0.2) is 34.1 Å². The Bertz CT molecular complexity index is 688. The maximum atomic E-state index is 11.3. The second-order valence-corrected chi connectivity index (χ2v) is 7.39. The molecule has 0 aliphatic carbocycles. The summed E-state index contributed by atoms with van der Waals surface area (Å²) in [7, 11) is 2.00. The fourth-order valence-electron chi connectivity index (χ4n) is 2.29.